The zero-order chi connectivity index (χ0) is 18.5. The summed E-state index contributed by atoms with van der Waals surface area (Å²) in [6.45, 7) is 1.83. The van der Waals surface area contributed by atoms with E-state index in [0.29, 0.717) is 27.2 Å². The van der Waals surface area contributed by atoms with E-state index < -0.39 is 0 Å². The first-order chi connectivity index (χ1) is 12.5. The highest BCUT2D eigenvalue weighted by Crippen LogP contribution is 2.24. The molecule has 0 saturated carbocycles. The van der Waals surface area contributed by atoms with Crippen LogP contribution in [0.5, 0.6) is 5.75 Å². The Balaban J connectivity index is 1.52. The molecule has 0 aliphatic carbocycles. The number of nitrogens with zero attached hydrogens (tertiary/aromatic N) is 2. The predicted octanol–water partition coefficient (Wildman–Crippen LogP) is 4.05. The van der Waals surface area contributed by atoms with Gasteiger partial charge in [0.1, 0.15) is 5.75 Å². The molecule has 1 amide bonds. The van der Waals surface area contributed by atoms with Gasteiger partial charge in [-0.25, -0.2) is 0 Å². The molecule has 0 unspecified atom stereocenters. The molecule has 134 valence electrons. The predicted molar refractivity (Wildman–Crippen MR) is 98.3 cm³/mol. The van der Waals surface area contributed by atoms with E-state index in [4.69, 9.17) is 32.5 Å². The Bertz CT molecular complexity index is 928. The van der Waals surface area contributed by atoms with E-state index in [1.54, 1.807) is 30.3 Å². The average Bonchev–Trinajstić information content (AvgIpc) is 3.10. The van der Waals surface area contributed by atoms with Gasteiger partial charge in [0.25, 0.3) is 5.91 Å². The second-order valence-corrected chi connectivity index (χ2v) is 6.28. The van der Waals surface area contributed by atoms with Crippen LogP contribution in [0.25, 0.3) is 11.4 Å². The average molecular weight is 392 g/mol. The molecule has 3 aromatic rings. The maximum absolute atomic E-state index is 11.9. The molecule has 1 N–H and O–H groups in total. The second-order valence-electron chi connectivity index (χ2n) is 5.47. The lowest BCUT2D eigenvalue weighted by Gasteiger charge is -2.07. The number of aromatic nitrogens is 2. The number of carbonyl (C=O) groups is 1. The lowest BCUT2D eigenvalue weighted by molar-refractivity contribution is -0.123. The first kappa shape index (κ1) is 18.2. The van der Waals surface area contributed by atoms with Gasteiger partial charge in [-0.2, -0.15) is 4.98 Å². The number of hydrogen-bond acceptors (Lipinski definition) is 5. The minimum atomic E-state index is -0.310. The van der Waals surface area contributed by atoms with Crippen LogP contribution in [0.2, 0.25) is 10.0 Å². The Morgan fingerprint density at radius 2 is 2.00 bits per heavy atom. The quantitative estimate of drug-likeness (QED) is 0.685. The molecule has 0 spiro atoms. The molecule has 1 heterocycles. The van der Waals surface area contributed by atoms with Crippen LogP contribution in [0, 0.1) is 6.92 Å². The van der Waals surface area contributed by atoms with Crippen molar-refractivity contribution in [2.75, 3.05) is 6.61 Å². The molecule has 26 heavy (non-hydrogen) atoms. The second kappa shape index (κ2) is 8.21. The third kappa shape index (κ3) is 4.53. The number of ether oxygens (including phenoxy) is 1. The first-order valence-electron chi connectivity index (χ1n) is 7.76. The zero-order valence-corrected chi connectivity index (χ0v) is 15.3. The molecular formula is C18H15Cl2N3O3. The van der Waals surface area contributed by atoms with Gasteiger partial charge in [0.15, 0.2) is 6.61 Å². The maximum Gasteiger partial charge on any atom is 0.258 e. The van der Waals surface area contributed by atoms with Crippen LogP contribution in [0.15, 0.2) is 47.0 Å². The topological polar surface area (TPSA) is 77.2 Å². The summed E-state index contributed by atoms with van der Waals surface area (Å²) in [4.78, 5) is 16.1. The SMILES string of the molecule is Cc1cc(OCC(=O)NCc2nc(-c3ccccc3Cl)no2)ccc1Cl. The number of halogens is 2. The van der Waals surface area contributed by atoms with E-state index in [1.807, 2.05) is 19.1 Å². The van der Waals surface area contributed by atoms with Gasteiger partial charge in [0, 0.05) is 10.6 Å². The van der Waals surface area contributed by atoms with Crippen LogP contribution < -0.4 is 10.1 Å². The number of rotatable bonds is 6. The van der Waals surface area contributed by atoms with Crippen molar-refractivity contribution in [1.29, 1.82) is 0 Å². The summed E-state index contributed by atoms with van der Waals surface area (Å²) in [6, 6.07) is 12.4. The fourth-order valence-electron chi connectivity index (χ4n) is 2.16. The number of aryl methyl sites for hydroxylation is 1. The van der Waals surface area contributed by atoms with E-state index in [2.05, 4.69) is 15.5 Å². The lowest BCUT2D eigenvalue weighted by Crippen LogP contribution is -2.28. The molecule has 8 heteroatoms. The molecule has 0 radical (unpaired) electrons. The van der Waals surface area contributed by atoms with Crippen LogP contribution in [0.1, 0.15) is 11.5 Å². The Morgan fingerprint density at radius 3 is 2.77 bits per heavy atom. The Morgan fingerprint density at radius 1 is 1.19 bits per heavy atom. The summed E-state index contributed by atoms with van der Waals surface area (Å²) >= 11 is 12.1. The molecule has 0 fully saturated rings. The number of benzene rings is 2. The Labute approximate surface area is 160 Å². The smallest absolute Gasteiger partial charge is 0.258 e. The summed E-state index contributed by atoms with van der Waals surface area (Å²) in [6.07, 6.45) is 0. The monoisotopic (exact) mass is 391 g/mol. The highest BCUT2D eigenvalue weighted by molar-refractivity contribution is 6.33. The van der Waals surface area contributed by atoms with Gasteiger partial charge in [0.05, 0.1) is 11.6 Å². The van der Waals surface area contributed by atoms with Crippen molar-refractivity contribution in [3.8, 4) is 17.1 Å². The summed E-state index contributed by atoms with van der Waals surface area (Å²) in [5.74, 6) is 0.902. The molecule has 3 rings (SSSR count). The Kier molecular flexibility index (Phi) is 5.75. The van der Waals surface area contributed by atoms with Crippen molar-refractivity contribution in [3.63, 3.8) is 0 Å². The van der Waals surface area contributed by atoms with E-state index >= 15 is 0 Å². The molecule has 0 bridgehead atoms. The van der Waals surface area contributed by atoms with Gasteiger partial charge in [-0.05, 0) is 42.8 Å². The van der Waals surface area contributed by atoms with Crippen LogP contribution >= 0.6 is 23.2 Å². The zero-order valence-electron chi connectivity index (χ0n) is 13.8. The van der Waals surface area contributed by atoms with E-state index in [1.165, 1.54) is 0 Å². The van der Waals surface area contributed by atoms with Crippen molar-refractivity contribution in [2.45, 2.75) is 13.5 Å². The Hall–Kier alpha value is -2.57. The molecular weight excluding hydrogens is 377 g/mol. The standard InChI is InChI=1S/C18H15Cl2N3O3/c1-11-8-12(6-7-14(11)19)25-10-16(24)21-9-17-22-18(23-26-17)13-4-2-3-5-15(13)20/h2-8H,9-10H2,1H3,(H,21,24). The largest absolute Gasteiger partial charge is 0.484 e. The highest BCUT2D eigenvalue weighted by atomic mass is 35.5. The maximum atomic E-state index is 11.9. The molecule has 1 aromatic heterocycles. The third-order valence-electron chi connectivity index (χ3n) is 3.52. The minimum Gasteiger partial charge on any atom is -0.484 e. The van der Waals surface area contributed by atoms with Crippen molar-refractivity contribution in [2.24, 2.45) is 0 Å². The van der Waals surface area contributed by atoms with E-state index in [-0.39, 0.29) is 24.9 Å². The van der Waals surface area contributed by atoms with E-state index in [9.17, 15) is 4.79 Å². The number of carbonyl (C=O) groups excluding carboxylic acids is 1. The molecule has 0 atom stereocenters. The summed E-state index contributed by atoms with van der Waals surface area (Å²) < 4.78 is 10.6. The fourth-order valence-corrected chi connectivity index (χ4v) is 2.50. The molecule has 0 aliphatic rings. The lowest BCUT2D eigenvalue weighted by atomic mass is 10.2. The minimum absolute atomic E-state index is 0.0965. The van der Waals surface area contributed by atoms with Crippen molar-refractivity contribution < 1.29 is 14.1 Å². The molecule has 2 aromatic carbocycles. The summed E-state index contributed by atoms with van der Waals surface area (Å²) in [5.41, 5.74) is 1.54. The molecule has 0 saturated heterocycles. The summed E-state index contributed by atoms with van der Waals surface area (Å²) in [5, 5.41) is 7.70. The number of nitrogens with one attached hydrogen (secondary N) is 1. The van der Waals surface area contributed by atoms with Gasteiger partial charge in [-0.15, -0.1) is 0 Å². The first-order valence-corrected chi connectivity index (χ1v) is 8.51. The number of amides is 1. The van der Waals surface area contributed by atoms with Crippen molar-refractivity contribution in [1.82, 2.24) is 15.5 Å². The van der Waals surface area contributed by atoms with Gasteiger partial charge in [0.2, 0.25) is 11.7 Å². The molecule has 6 nitrogen and oxygen atoms in total. The highest BCUT2D eigenvalue weighted by Gasteiger charge is 2.12. The van der Waals surface area contributed by atoms with Crippen LogP contribution in [-0.4, -0.2) is 22.7 Å². The fraction of sp³-hybridized carbons (Fsp3) is 0.167. The van der Waals surface area contributed by atoms with Crippen molar-refractivity contribution >= 4 is 29.1 Å². The number of hydrogen-bond donors (Lipinski definition) is 1. The molecule has 0 aliphatic heterocycles. The van der Waals surface area contributed by atoms with Crippen LogP contribution in [0.3, 0.4) is 0 Å². The van der Waals surface area contributed by atoms with Gasteiger partial charge in [-0.1, -0.05) is 40.5 Å². The van der Waals surface area contributed by atoms with Crippen LogP contribution in [0.4, 0.5) is 0 Å². The van der Waals surface area contributed by atoms with E-state index in [0.717, 1.165) is 5.56 Å². The summed E-state index contributed by atoms with van der Waals surface area (Å²) in [7, 11) is 0. The van der Waals surface area contributed by atoms with Crippen LogP contribution in [-0.2, 0) is 11.3 Å². The van der Waals surface area contributed by atoms with Crippen molar-refractivity contribution in [3.05, 3.63) is 64.0 Å². The van der Waals surface area contributed by atoms with Gasteiger partial charge in [-0.3, -0.25) is 4.79 Å². The third-order valence-corrected chi connectivity index (χ3v) is 4.27. The van der Waals surface area contributed by atoms with Gasteiger partial charge < -0.3 is 14.6 Å². The normalized spacial score (nSPS) is 10.6. The van der Waals surface area contributed by atoms with Gasteiger partial charge >= 0.3 is 0 Å².